The summed E-state index contributed by atoms with van der Waals surface area (Å²) in [6.45, 7) is -0.141. The van der Waals surface area contributed by atoms with Gasteiger partial charge in [0.1, 0.15) is 5.75 Å². The molecular weight excluding hydrogens is 364 g/mol. The van der Waals surface area contributed by atoms with Crippen LogP contribution in [0, 0.1) is 0 Å². The number of aromatic nitrogens is 2. The summed E-state index contributed by atoms with van der Waals surface area (Å²) in [5.74, 6) is -0.207. The second-order valence-corrected chi connectivity index (χ2v) is 6.80. The summed E-state index contributed by atoms with van der Waals surface area (Å²) >= 11 is 1.33. The summed E-state index contributed by atoms with van der Waals surface area (Å²) in [7, 11) is 3.29. The number of carbonyl (C=O) groups is 2. The van der Waals surface area contributed by atoms with Gasteiger partial charge in [0.15, 0.2) is 11.7 Å². The molecule has 0 aliphatic carbocycles. The fourth-order valence-corrected chi connectivity index (χ4v) is 2.96. The first-order valence-electron chi connectivity index (χ1n) is 8.15. The first-order chi connectivity index (χ1) is 13.0. The minimum Gasteiger partial charge on any atom is -0.483 e. The Hall–Kier alpha value is -3.26. The second kappa shape index (κ2) is 8.41. The van der Waals surface area contributed by atoms with Crippen LogP contribution in [0.1, 0.15) is 10.4 Å². The summed E-state index contributed by atoms with van der Waals surface area (Å²) in [6, 6.07) is 12.4. The van der Waals surface area contributed by atoms with E-state index < -0.39 is 0 Å². The summed E-state index contributed by atoms with van der Waals surface area (Å²) in [5, 5.41) is 3.22. The van der Waals surface area contributed by atoms with Crippen LogP contribution in [0.3, 0.4) is 0 Å². The van der Waals surface area contributed by atoms with Gasteiger partial charge in [-0.05, 0) is 24.3 Å². The van der Waals surface area contributed by atoms with Crippen LogP contribution in [0.25, 0.3) is 10.6 Å². The van der Waals surface area contributed by atoms with E-state index in [9.17, 15) is 9.59 Å². The van der Waals surface area contributed by atoms with Crippen molar-refractivity contribution in [2.75, 3.05) is 26.0 Å². The molecule has 2 amide bonds. The number of nitrogens with zero attached hydrogens (tertiary/aromatic N) is 3. The molecule has 27 heavy (non-hydrogen) atoms. The Labute approximate surface area is 160 Å². The number of ether oxygens (including phenoxy) is 1. The molecule has 0 saturated carbocycles. The molecule has 0 aliphatic rings. The van der Waals surface area contributed by atoms with Crippen molar-refractivity contribution in [1.29, 1.82) is 0 Å². The number of pyridine rings is 1. The van der Waals surface area contributed by atoms with E-state index >= 15 is 0 Å². The third kappa shape index (κ3) is 4.68. The van der Waals surface area contributed by atoms with Crippen molar-refractivity contribution >= 4 is 28.3 Å². The smallest absolute Gasteiger partial charge is 0.261 e. The molecule has 3 rings (SSSR count). The first kappa shape index (κ1) is 18.5. The predicted octanol–water partition coefficient (Wildman–Crippen LogP) is 2.92. The predicted molar refractivity (Wildman–Crippen MR) is 104 cm³/mol. The van der Waals surface area contributed by atoms with Gasteiger partial charge in [-0.3, -0.25) is 19.9 Å². The van der Waals surface area contributed by atoms with Crippen molar-refractivity contribution in [1.82, 2.24) is 14.9 Å². The molecule has 0 atom stereocenters. The molecule has 0 spiro atoms. The third-order valence-corrected chi connectivity index (χ3v) is 4.56. The Bertz CT molecular complexity index is 941. The van der Waals surface area contributed by atoms with Gasteiger partial charge in [-0.2, -0.15) is 0 Å². The van der Waals surface area contributed by atoms with Crippen molar-refractivity contribution in [2.45, 2.75) is 0 Å². The zero-order valence-corrected chi connectivity index (χ0v) is 15.7. The molecule has 1 aromatic carbocycles. The number of thiazole rings is 1. The molecule has 7 nitrogen and oxygen atoms in total. The lowest BCUT2D eigenvalue weighted by molar-refractivity contribution is -0.130. The maximum Gasteiger partial charge on any atom is 0.261 e. The zero-order chi connectivity index (χ0) is 19.2. The summed E-state index contributed by atoms with van der Waals surface area (Å²) in [6.07, 6.45) is 3.37. The van der Waals surface area contributed by atoms with Crippen LogP contribution in [-0.4, -0.2) is 47.4 Å². The molecule has 138 valence electrons. The van der Waals surface area contributed by atoms with Gasteiger partial charge in [-0.1, -0.05) is 29.5 Å². The number of rotatable bonds is 6. The van der Waals surface area contributed by atoms with Crippen LogP contribution in [0.15, 0.2) is 54.9 Å². The number of nitrogens with one attached hydrogen (secondary N) is 1. The monoisotopic (exact) mass is 382 g/mol. The van der Waals surface area contributed by atoms with Gasteiger partial charge in [-0.15, -0.1) is 0 Å². The van der Waals surface area contributed by atoms with E-state index in [1.165, 1.54) is 16.2 Å². The average molecular weight is 382 g/mol. The summed E-state index contributed by atoms with van der Waals surface area (Å²) in [5.41, 5.74) is 1.13. The normalized spacial score (nSPS) is 10.3. The third-order valence-electron chi connectivity index (χ3n) is 3.63. The van der Waals surface area contributed by atoms with Crippen LogP contribution in [0.4, 0.5) is 5.13 Å². The topological polar surface area (TPSA) is 84.4 Å². The minimum absolute atomic E-state index is 0.141. The van der Waals surface area contributed by atoms with Crippen LogP contribution >= 0.6 is 11.3 Å². The molecule has 2 aromatic heterocycles. The molecule has 0 fully saturated rings. The van der Waals surface area contributed by atoms with Gasteiger partial charge in [0.25, 0.3) is 11.8 Å². The molecule has 0 unspecified atom stereocenters. The molecule has 0 saturated heterocycles. The largest absolute Gasteiger partial charge is 0.483 e. The Morgan fingerprint density at radius 3 is 2.63 bits per heavy atom. The molecule has 3 aromatic rings. The molecular formula is C19H18N4O3S. The van der Waals surface area contributed by atoms with E-state index in [2.05, 4.69) is 15.3 Å². The first-order valence-corrected chi connectivity index (χ1v) is 8.97. The van der Waals surface area contributed by atoms with E-state index in [1.54, 1.807) is 50.8 Å². The van der Waals surface area contributed by atoms with Crippen LogP contribution in [0.5, 0.6) is 5.75 Å². The molecule has 8 heteroatoms. The quantitative estimate of drug-likeness (QED) is 0.709. The highest BCUT2D eigenvalue weighted by molar-refractivity contribution is 7.19. The number of carbonyl (C=O) groups excluding carboxylic acids is 2. The van der Waals surface area contributed by atoms with E-state index in [0.29, 0.717) is 16.4 Å². The van der Waals surface area contributed by atoms with Gasteiger partial charge in [-0.25, -0.2) is 4.98 Å². The van der Waals surface area contributed by atoms with E-state index in [0.717, 1.165) is 10.6 Å². The Balaban J connectivity index is 1.72. The highest BCUT2D eigenvalue weighted by Gasteiger charge is 2.16. The fraction of sp³-hybridized carbons (Fsp3) is 0.158. The Kier molecular flexibility index (Phi) is 5.77. The van der Waals surface area contributed by atoms with Crippen molar-refractivity contribution in [3.05, 3.63) is 60.4 Å². The molecule has 0 radical (unpaired) electrons. The number of amides is 2. The number of para-hydroxylation sites is 1. The molecule has 1 N–H and O–H groups in total. The highest BCUT2D eigenvalue weighted by Crippen LogP contribution is 2.28. The second-order valence-electron chi connectivity index (χ2n) is 5.77. The Morgan fingerprint density at radius 2 is 1.89 bits per heavy atom. The van der Waals surface area contributed by atoms with E-state index in [1.807, 2.05) is 18.2 Å². The van der Waals surface area contributed by atoms with Gasteiger partial charge in [0, 0.05) is 26.5 Å². The summed E-state index contributed by atoms with van der Waals surface area (Å²) in [4.78, 5) is 35.1. The summed E-state index contributed by atoms with van der Waals surface area (Å²) < 4.78 is 5.51. The van der Waals surface area contributed by atoms with E-state index in [4.69, 9.17) is 4.74 Å². The van der Waals surface area contributed by atoms with Crippen molar-refractivity contribution in [3.63, 3.8) is 0 Å². The molecule has 0 bridgehead atoms. The molecule has 2 heterocycles. The van der Waals surface area contributed by atoms with Crippen LogP contribution < -0.4 is 10.1 Å². The number of hydrogen-bond donors (Lipinski definition) is 1. The minimum atomic E-state index is -0.357. The lowest BCUT2D eigenvalue weighted by Crippen LogP contribution is -2.28. The number of likely N-dealkylation sites (N-methyl/N-ethyl adjacent to an activating group) is 1. The lowest BCUT2D eigenvalue weighted by Gasteiger charge is -2.13. The van der Waals surface area contributed by atoms with Gasteiger partial charge in [0.05, 0.1) is 16.1 Å². The zero-order valence-electron chi connectivity index (χ0n) is 14.9. The van der Waals surface area contributed by atoms with Crippen LogP contribution in [0.2, 0.25) is 0 Å². The fourth-order valence-electron chi connectivity index (χ4n) is 2.17. The van der Waals surface area contributed by atoms with E-state index in [-0.39, 0.29) is 18.4 Å². The SMILES string of the molecule is CN(C)C(=O)COc1ccccc1C(=O)Nc1ncc(-c2ccccn2)s1. The number of hydrogen-bond acceptors (Lipinski definition) is 6. The maximum atomic E-state index is 12.6. The standard InChI is InChI=1S/C19H18N4O3S/c1-23(2)17(24)12-26-15-9-4-3-7-13(15)18(25)22-19-21-11-16(27-19)14-8-5-6-10-20-14/h3-11H,12H2,1-2H3,(H,21,22,25). The van der Waals surface area contributed by atoms with Gasteiger partial charge in [0.2, 0.25) is 0 Å². The Morgan fingerprint density at radius 1 is 1.11 bits per heavy atom. The van der Waals surface area contributed by atoms with Gasteiger partial charge < -0.3 is 9.64 Å². The van der Waals surface area contributed by atoms with Crippen molar-refractivity contribution < 1.29 is 14.3 Å². The maximum absolute atomic E-state index is 12.6. The average Bonchev–Trinajstić information content (AvgIpc) is 3.15. The van der Waals surface area contributed by atoms with Gasteiger partial charge >= 0.3 is 0 Å². The van der Waals surface area contributed by atoms with Crippen LogP contribution in [-0.2, 0) is 4.79 Å². The lowest BCUT2D eigenvalue weighted by atomic mass is 10.2. The molecule has 0 aliphatic heterocycles. The van der Waals surface area contributed by atoms with Crippen molar-refractivity contribution in [3.8, 4) is 16.3 Å². The van der Waals surface area contributed by atoms with Crippen molar-refractivity contribution in [2.24, 2.45) is 0 Å². The number of anilines is 1. The number of benzene rings is 1. The highest BCUT2D eigenvalue weighted by atomic mass is 32.1.